The molecule has 0 radical (unpaired) electrons. The van der Waals surface area contributed by atoms with Gasteiger partial charge in [-0.1, -0.05) is 31.6 Å². The standard InChI is InChI=1S/C24H30O3/c1-22-9-6-15(26-3)12-14(22)4-5-16-18(22)7-10-23(2)21(16)17-13-19(17)24(23)11-8-20(25)27-24/h4,7,12,16-17,19,21H,5-6,8-11,13H2,1-3H3/t16?,17?,19?,21?,22-,23-,24-/m0/s1. The van der Waals surface area contributed by atoms with Crippen molar-refractivity contribution in [2.24, 2.45) is 34.5 Å². The van der Waals surface area contributed by atoms with Crippen LogP contribution in [0.3, 0.4) is 0 Å². The Morgan fingerprint density at radius 1 is 1.19 bits per heavy atom. The van der Waals surface area contributed by atoms with E-state index in [9.17, 15) is 4.79 Å². The molecule has 1 saturated heterocycles. The summed E-state index contributed by atoms with van der Waals surface area (Å²) in [5.41, 5.74) is 3.27. The summed E-state index contributed by atoms with van der Waals surface area (Å²) < 4.78 is 11.7. The first-order valence-corrected chi connectivity index (χ1v) is 10.8. The van der Waals surface area contributed by atoms with Crippen LogP contribution in [0.25, 0.3) is 0 Å². The van der Waals surface area contributed by atoms with Gasteiger partial charge in [0.1, 0.15) is 5.60 Å². The first kappa shape index (κ1) is 16.4. The van der Waals surface area contributed by atoms with E-state index in [2.05, 4.69) is 32.1 Å². The van der Waals surface area contributed by atoms with Gasteiger partial charge in [-0.15, -0.1) is 0 Å². The second-order valence-electron chi connectivity index (χ2n) is 10.3. The smallest absolute Gasteiger partial charge is 0.306 e. The third-order valence-electron chi connectivity index (χ3n) is 9.49. The lowest BCUT2D eigenvalue weighted by molar-refractivity contribution is -0.165. The third-order valence-corrected chi connectivity index (χ3v) is 9.49. The van der Waals surface area contributed by atoms with Crippen molar-refractivity contribution in [3.05, 3.63) is 35.1 Å². The van der Waals surface area contributed by atoms with Crippen LogP contribution in [-0.2, 0) is 14.3 Å². The van der Waals surface area contributed by atoms with E-state index in [4.69, 9.17) is 9.47 Å². The van der Waals surface area contributed by atoms with Gasteiger partial charge >= 0.3 is 5.97 Å². The molecule has 4 unspecified atom stereocenters. The zero-order valence-corrected chi connectivity index (χ0v) is 16.7. The predicted molar refractivity (Wildman–Crippen MR) is 103 cm³/mol. The summed E-state index contributed by atoms with van der Waals surface area (Å²) in [7, 11) is 1.79. The largest absolute Gasteiger partial charge is 0.501 e. The molecule has 2 saturated carbocycles. The summed E-state index contributed by atoms with van der Waals surface area (Å²) in [5.74, 6) is 3.86. The molecule has 1 aliphatic heterocycles. The molecule has 0 aromatic rings. The lowest BCUT2D eigenvalue weighted by atomic mass is 9.50. The lowest BCUT2D eigenvalue weighted by Gasteiger charge is -2.55. The van der Waals surface area contributed by atoms with Crippen LogP contribution in [0, 0.1) is 34.5 Å². The van der Waals surface area contributed by atoms with E-state index in [1.165, 1.54) is 12.0 Å². The maximum Gasteiger partial charge on any atom is 0.306 e. The maximum atomic E-state index is 12.1. The second-order valence-corrected chi connectivity index (χ2v) is 10.3. The third kappa shape index (κ3) is 1.78. The topological polar surface area (TPSA) is 35.5 Å². The van der Waals surface area contributed by atoms with Crippen molar-refractivity contribution >= 4 is 5.97 Å². The van der Waals surface area contributed by atoms with Gasteiger partial charge in [-0.2, -0.15) is 0 Å². The Morgan fingerprint density at radius 3 is 2.78 bits per heavy atom. The highest BCUT2D eigenvalue weighted by Gasteiger charge is 2.78. The van der Waals surface area contributed by atoms with Gasteiger partial charge in [0.2, 0.25) is 0 Å². The van der Waals surface area contributed by atoms with Gasteiger partial charge in [-0.3, -0.25) is 4.79 Å². The summed E-state index contributed by atoms with van der Waals surface area (Å²) in [4.78, 5) is 12.1. The average molecular weight is 367 g/mol. The molecule has 0 amide bonds. The van der Waals surface area contributed by atoms with Gasteiger partial charge in [0.05, 0.1) is 12.9 Å². The molecule has 6 rings (SSSR count). The van der Waals surface area contributed by atoms with Gasteiger partial charge in [0.25, 0.3) is 0 Å². The fourth-order valence-electron chi connectivity index (χ4n) is 8.14. The van der Waals surface area contributed by atoms with Gasteiger partial charge < -0.3 is 9.47 Å². The van der Waals surface area contributed by atoms with Crippen LogP contribution in [0.15, 0.2) is 35.1 Å². The fourth-order valence-corrected chi connectivity index (χ4v) is 8.14. The van der Waals surface area contributed by atoms with Crippen LogP contribution in [0.1, 0.15) is 58.8 Å². The fraction of sp³-hybridized carbons (Fsp3) is 0.708. The van der Waals surface area contributed by atoms with Crippen LogP contribution in [0.4, 0.5) is 0 Å². The molecular weight excluding hydrogens is 336 g/mol. The predicted octanol–water partition coefficient (Wildman–Crippen LogP) is 4.94. The van der Waals surface area contributed by atoms with Gasteiger partial charge in [0.15, 0.2) is 0 Å². The molecule has 0 N–H and O–H groups in total. The maximum absolute atomic E-state index is 12.1. The van der Waals surface area contributed by atoms with E-state index in [0.717, 1.165) is 43.8 Å². The number of ether oxygens (including phenoxy) is 2. The van der Waals surface area contributed by atoms with E-state index in [1.54, 1.807) is 12.7 Å². The Kier molecular flexibility index (Phi) is 2.99. The zero-order chi connectivity index (χ0) is 18.6. The average Bonchev–Trinajstić information content (AvgIpc) is 3.29. The van der Waals surface area contributed by atoms with Crippen molar-refractivity contribution in [1.82, 2.24) is 0 Å². The lowest BCUT2D eigenvalue weighted by Crippen LogP contribution is -2.53. The van der Waals surface area contributed by atoms with E-state index < -0.39 is 0 Å². The summed E-state index contributed by atoms with van der Waals surface area (Å²) in [5, 5.41) is 0. The van der Waals surface area contributed by atoms with Crippen molar-refractivity contribution in [3.8, 4) is 0 Å². The van der Waals surface area contributed by atoms with Crippen LogP contribution in [0.2, 0.25) is 0 Å². The Balaban J connectivity index is 1.43. The zero-order valence-electron chi connectivity index (χ0n) is 16.7. The molecule has 5 aliphatic carbocycles. The highest BCUT2D eigenvalue weighted by Crippen LogP contribution is 2.78. The number of methoxy groups -OCH3 is 1. The number of carbonyl (C=O) groups is 1. The normalized spacial score (nSPS) is 52.0. The van der Waals surface area contributed by atoms with Crippen molar-refractivity contribution in [2.75, 3.05) is 7.11 Å². The Morgan fingerprint density at radius 2 is 2.04 bits per heavy atom. The highest BCUT2D eigenvalue weighted by atomic mass is 16.6. The monoisotopic (exact) mass is 366 g/mol. The molecule has 0 aromatic carbocycles. The van der Waals surface area contributed by atoms with E-state index in [-0.39, 0.29) is 22.4 Å². The molecule has 3 nitrogen and oxygen atoms in total. The molecular formula is C24H30O3. The van der Waals surface area contributed by atoms with Crippen LogP contribution in [0.5, 0.6) is 0 Å². The number of hydrogen-bond acceptors (Lipinski definition) is 3. The van der Waals surface area contributed by atoms with Crippen LogP contribution < -0.4 is 0 Å². The molecule has 0 aromatic heterocycles. The SMILES string of the molecule is COC1=CC2=CCC3C(=CC[C@@]4(C)C3C3CC3[C@@]43CCC(=O)O3)[C@@]2(C)CC1. The number of hydrogen-bond donors (Lipinski definition) is 0. The summed E-state index contributed by atoms with van der Waals surface area (Å²) >= 11 is 0. The molecule has 6 aliphatic rings. The van der Waals surface area contributed by atoms with Gasteiger partial charge in [-0.25, -0.2) is 0 Å². The number of rotatable bonds is 1. The molecule has 7 atom stereocenters. The van der Waals surface area contributed by atoms with Crippen LogP contribution >= 0.6 is 0 Å². The second kappa shape index (κ2) is 4.90. The number of esters is 1. The number of fused-ring (bicyclic) bond motifs is 9. The molecule has 0 bridgehead atoms. The summed E-state index contributed by atoms with van der Waals surface area (Å²) in [6.07, 6.45) is 14.6. The number of carbonyl (C=O) groups excluding carboxylic acids is 1. The summed E-state index contributed by atoms with van der Waals surface area (Å²) in [6.45, 7) is 4.90. The van der Waals surface area contributed by atoms with Crippen molar-refractivity contribution in [2.45, 2.75) is 64.4 Å². The van der Waals surface area contributed by atoms with Crippen molar-refractivity contribution in [3.63, 3.8) is 0 Å². The van der Waals surface area contributed by atoms with Crippen molar-refractivity contribution < 1.29 is 14.3 Å². The first-order valence-electron chi connectivity index (χ1n) is 10.8. The van der Waals surface area contributed by atoms with Gasteiger partial charge in [-0.05, 0) is 61.5 Å². The van der Waals surface area contributed by atoms with Crippen LogP contribution in [-0.4, -0.2) is 18.7 Å². The first-order chi connectivity index (χ1) is 12.9. The van der Waals surface area contributed by atoms with Crippen molar-refractivity contribution in [1.29, 1.82) is 0 Å². The quantitative estimate of drug-likeness (QED) is 0.487. The molecule has 144 valence electrons. The Bertz CT molecular complexity index is 835. The summed E-state index contributed by atoms with van der Waals surface area (Å²) in [6, 6.07) is 0. The highest BCUT2D eigenvalue weighted by molar-refractivity contribution is 5.73. The Hall–Kier alpha value is -1.51. The minimum Gasteiger partial charge on any atom is -0.501 e. The molecule has 1 spiro atoms. The molecule has 27 heavy (non-hydrogen) atoms. The van der Waals surface area contributed by atoms with Gasteiger partial charge in [0, 0.05) is 29.6 Å². The van der Waals surface area contributed by atoms with E-state index in [0.29, 0.717) is 24.2 Å². The number of allylic oxidation sites excluding steroid dienone is 6. The molecule has 1 heterocycles. The molecule has 3 heteroatoms. The van der Waals surface area contributed by atoms with E-state index in [1.807, 2.05) is 0 Å². The minimum absolute atomic E-state index is 0.0413. The minimum atomic E-state index is -0.165. The molecule has 3 fully saturated rings. The van der Waals surface area contributed by atoms with E-state index >= 15 is 0 Å². The Labute approximate surface area is 161 Å².